The van der Waals surface area contributed by atoms with E-state index >= 15 is 0 Å². The van der Waals surface area contributed by atoms with Gasteiger partial charge in [-0.15, -0.1) is 0 Å². The second-order valence-electron chi connectivity index (χ2n) is 2.70. The first-order chi connectivity index (χ1) is 6.61. The second kappa shape index (κ2) is 5.26. The summed E-state index contributed by atoms with van der Waals surface area (Å²) < 4.78 is 28.8. The summed E-state index contributed by atoms with van der Waals surface area (Å²) in [5, 5.41) is 2.93. The maximum absolute atomic E-state index is 11.9. The minimum absolute atomic E-state index is 0.166. The van der Waals surface area contributed by atoms with E-state index < -0.39 is 6.61 Å². The first-order valence-corrected chi connectivity index (χ1v) is 4.80. The van der Waals surface area contributed by atoms with Crippen molar-refractivity contribution in [2.45, 2.75) is 13.2 Å². The van der Waals surface area contributed by atoms with Crippen LogP contribution in [-0.4, -0.2) is 13.7 Å². The first kappa shape index (κ1) is 11.4. The molecule has 2 nitrogen and oxygen atoms in total. The smallest absolute Gasteiger partial charge is 0.387 e. The van der Waals surface area contributed by atoms with Gasteiger partial charge in [-0.05, 0) is 30.8 Å². The summed E-state index contributed by atoms with van der Waals surface area (Å²) in [5.74, 6) is 0.166. The number of benzene rings is 1. The predicted octanol–water partition coefficient (Wildman–Crippen LogP) is 2.77. The molecule has 0 bridgehead atoms. The van der Waals surface area contributed by atoms with E-state index in [4.69, 9.17) is 0 Å². The minimum Gasteiger partial charge on any atom is -0.435 e. The van der Waals surface area contributed by atoms with E-state index in [0.717, 1.165) is 10.0 Å². The Labute approximate surface area is 89.4 Å². The Morgan fingerprint density at radius 1 is 1.43 bits per heavy atom. The van der Waals surface area contributed by atoms with E-state index in [2.05, 4.69) is 26.0 Å². The van der Waals surface area contributed by atoms with Crippen LogP contribution in [-0.2, 0) is 6.54 Å². The number of ether oxygens (including phenoxy) is 1. The molecule has 0 heterocycles. The molecule has 0 aliphatic rings. The molecule has 1 rings (SSSR count). The van der Waals surface area contributed by atoms with Crippen molar-refractivity contribution in [1.29, 1.82) is 0 Å². The average molecular weight is 266 g/mol. The summed E-state index contributed by atoms with van der Waals surface area (Å²) in [4.78, 5) is 0. The van der Waals surface area contributed by atoms with Gasteiger partial charge in [-0.1, -0.05) is 15.9 Å². The fourth-order valence-electron chi connectivity index (χ4n) is 1.10. The van der Waals surface area contributed by atoms with Gasteiger partial charge < -0.3 is 10.1 Å². The zero-order valence-electron chi connectivity index (χ0n) is 7.56. The van der Waals surface area contributed by atoms with Crippen molar-refractivity contribution in [2.75, 3.05) is 7.05 Å². The van der Waals surface area contributed by atoms with Crippen molar-refractivity contribution in [3.8, 4) is 5.75 Å². The lowest BCUT2D eigenvalue weighted by atomic mass is 10.2. The molecule has 0 aromatic heterocycles. The van der Waals surface area contributed by atoms with Gasteiger partial charge in [-0.25, -0.2) is 0 Å². The molecule has 0 spiro atoms. The van der Waals surface area contributed by atoms with Crippen LogP contribution in [0.4, 0.5) is 8.78 Å². The molecule has 78 valence electrons. The molecule has 0 unspecified atom stereocenters. The maximum Gasteiger partial charge on any atom is 0.387 e. The van der Waals surface area contributed by atoms with Crippen LogP contribution in [0.15, 0.2) is 22.7 Å². The van der Waals surface area contributed by atoms with Crippen molar-refractivity contribution in [1.82, 2.24) is 5.32 Å². The molecule has 1 aromatic rings. The number of halogens is 3. The molecule has 1 N–H and O–H groups in total. The third-order valence-electron chi connectivity index (χ3n) is 1.54. The highest BCUT2D eigenvalue weighted by atomic mass is 79.9. The lowest BCUT2D eigenvalue weighted by molar-refractivity contribution is -0.0499. The zero-order valence-corrected chi connectivity index (χ0v) is 9.14. The Hall–Kier alpha value is -0.680. The van der Waals surface area contributed by atoms with Crippen LogP contribution in [0.5, 0.6) is 5.75 Å². The molecule has 0 atom stereocenters. The summed E-state index contributed by atoms with van der Waals surface area (Å²) >= 11 is 3.22. The molecule has 0 saturated heterocycles. The molecular formula is C9H10BrF2NO. The van der Waals surface area contributed by atoms with Gasteiger partial charge in [0.1, 0.15) is 5.75 Å². The summed E-state index contributed by atoms with van der Waals surface area (Å²) in [5.41, 5.74) is 0.887. The molecule has 0 radical (unpaired) electrons. The highest BCUT2D eigenvalue weighted by Gasteiger charge is 2.06. The number of hydrogen-bond donors (Lipinski definition) is 1. The van der Waals surface area contributed by atoms with E-state index in [0.29, 0.717) is 6.54 Å². The summed E-state index contributed by atoms with van der Waals surface area (Å²) in [7, 11) is 1.79. The van der Waals surface area contributed by atoms with Crippen LogP contribution in [0.1, 0.15) is 5.56 Å². The van der Waals surface area contributed by atoms with Gasteiger partial charge in [0, 0.05) is 11.0 Å². The largest absolute Gasteiger partial charge is 0.435 e. The van der Waals surface area contributed by atoms with Gasteiger partial charge in [0.25, 0.3) is 0 Å². The van der Waals surface area contributed by atoms with Crippen LogP contribution < -0.4 is 10.1 Å². The Bertz CT molecular complexity index is 307. The lowest BCUT2D eigenvalue weighted by Gasteiger charge is -2.07. The zero-order chi connectivity index (χ0) is 10.6. The summed E-state index contributed by atoms with van der Waals surface area (Å²) in [6, 6.07) is 4.92. The Balaban J connectivity index is 2.83. The molecule has 1 aromatic carbocycles. The molecule has 0 saturated carbocycles. The van der Waals surface area contributed by atoms with Crippen LogP contribution in [0.2, 0.25) is 0 Å². The van der Waals surface area contributed by atoms with Gasteiger partial charge in [0.05, 0.1) is 0 Å². The quantitative estimate of drug-likeness (QED) is 0.904. The number of nitrogens with one attached hydrogen (secondary N) is 1. The number of rotatable bonds is 4. The van der Waals surface area contributed by atoms with E-state index in [9.17, 15) is 8.78 Å². The van der Waals surface area contributed by atoms with Crippen molar-refractivity contribution in [3.63, 3.8) is 0 Å². The Morgan fingerprint density at radius 2 is 2.14 bits per heavy atom. The molecule has 0 aliphatic heterocycles. The van der Waals surface area contributed by atoms with Gasteiger partial charge >= 0.3 is 6.61 Å². The molecule has 0 fully saturated rings. The maximum atomic E-state index is 11.9. The minimum atomic E-state index is -2.79. The topological polar surface area (TPSA) is 21.3 Å². The summed E-state index contributed by atoms with van der Waals surface area (Å²) in [6.45, 7) is -2.18. The van der Waals surface area contributed by atoms with E-state index in [-0.39, 0.29) is 5.75 Å². The van der Waals surface area contributed by atoms with E-state index in [1.165, 1.54) is 6.07 Å². The van der Waals surface area contributed by atoms with Gasteiger partial charge in [0.15, 0.2) is 0 Å². The first-order valence-electron chi connectivity index (χ1n) is 4.00. The van der Waals surface area contributed by atoms with Gasteiger partial charge in [-0.2, -0.15) is 8.78 Å². The van der Waals surface area contributed by atoms with Crippen LogP contribution in [0.25, 0.3) is 0 Å². The molecule has 14 heavy (non-hydrogen) atoms. The van der Waals surface area contributed by atoms with Crippen LogP contribution in [0.3, 0.4) is 0 Å². The van der Waals surface area contributed by atoms with Crippen molar-refractivity contribution in [2.24, 2.45) is 0 Å². The summed E-state index contributed by atoms with van der Waals surface area (Å²) in [6.07, 6.45) is 0. The second-order valence-corrected chi connectivity index (χ2v) is 3.62. The SMILES string of the molecule is CNCc1cc(Br)cc(OC(F)F)c1. The normalized spacial score (nSPS) is 10.6. The van der Waals surface area contributed by atoms with Crippen LogP contribution in [0, 0.1) is 0 Å². The molecule has 0 amide bonds. The fraction of sp³-hybridized carbons (Fsp3) is 0.333. The highest BCUT2D eigenvalue weighted by molar-refractivity contribution is 9.10. The standard InChI is InChI=1S/C9H10BrF2NO/c1-13-5-6-2-7(10)4-8(3-6)14-9(11)12/h2-4,9,13H,5H2,1H3. The Morgan fingerprint density at radius 3 is 2.71 bits per heavy atom. The van der Waals surface area contributed by atoms with Gasteiger partial charge in [0.2, 0.25) is 0 Å². The van der Waals surface area contributed by atoms with Crippen molar-refractivity contribution < 1.29 is 13.5 Å². The van der Waals surface area contributed by atoms with Gasteiger partial charge in [-0.3, -0.25) is 0 Å². The molecule has 0 aliphatic carbocycles. The van der Waals surface area contributed by atoms with E-state index in [1.54, 1.807) is 13.1 Å². The third kappa shape index (κ3) is 3.59. The van der Waals surface area contributed by atoms with E-state index in [1.807, 2.05) is 6.07 Å². The Kier molecular flexibility index (Phi) is 4.28. The number of hydrogen-bond acceptors (Lipinski definition) is 2. The average Bonchev–Trinajstić information content (AvgIpc) is 2.01. The number of alkyl halides is 2. The molecule has 5 heteroatoms. The third-order valence-corrected chi connectivity index (χ3v) is 1.99. The molecular weight excluding hydrogens is 256 g/mol. The monoisotopic (exact) mass is 265 g/mol. The van der Waals surface area contributed by atoms with Crippen molar-refractivity contribution >= 4 is 15.9 Å². The highest BCUT2D eigenvalue weighted by Crippen LogP contribution is 2.22. The van der Waals surface area contributed by atoms with Crippen molar-refractivity contribution in [3.05, 3.63) is 28.2 Å². The lowest BCUT2D eigenvalue weighted by Crippen LogP contribution is -2.06. The predicted molar refractivity (Wildman–Crippen MR) is 53.5 cm³/mol. The van der Waals surface area contributed by atoms with Crippen LogP contribution >= 0.6 is 15.9 Å². The fourth-order valence-corrected chi connectivity index (χ4v) is 1.62.